The van der Waals surface area contributed by atoms with Crippen LogP contribution in [0.3, 0.4) is 0 Å². The molecule has 1 aliphatic heterocycles. The van der Waals surface area contributed by atoms with E-state index in [1.54, 1.807) is 0 Å². The van der Waals surface area contributed by atoms with E-state index in [9.17, 15) is 0 Å². The first-order valence-electron chi connectivity index (χ1n) is 5.89. The molecule has 1 saturated heterocycles. The van der Waals surface area contributed by atoms with E-state index in [1.807, 2.05) is 18.2 Å². The van der Waals surface area contributed by atoms with Crippen molar-refractivity contribution in [3.63, 3.8) is 0 Å². The van der Waals surface area contributed by atoms with Gasteiger partial charge >= 0.3 is 0 Å². The SMILES string of the molecule is CC(C)(C)[C@@H]1CCO[C@H](c2ccccc2)O1. The maximum absolute atomic E-state index is 6.01. The zero-order valence-electron chi connectivity index (χ0n) is 10.3. The molecule has 0 saturated carbocycles. The molecule has 0 aromatic heterocycles. The summed E-state index contributed by atoms with van der Waals surface area (Å²) < 4.78 is 11.7. The summed E-state index contributed by atoms with van der Waals surface area (Å²) in [7, 11) is 0. The monoisotopic (exact) mass is 220 g/mol. The van der Waals surface area contributed by atoms with E-state index in [4.69, 9.17) is 9.47 Å². The van der Waals surface area contributed by atoms with Crippen LogP contribution in [-0.4, -0.2) is 12.7 Å². The lowest BCUT2D eigenvalue weighted by Crippen LogP contribution is -2.36. The quantitative estimate of drug-likeness (QED) is 0.720. The van der Waals surface area contributed by atoms with Gasteiger partial charge in [0.1, 0.15) is 0 Å². The predicted octanol–water partition coefficient (Wildman–Crippen LogP) is 3.54. The molecule has 2 rings (SSSR count). The molecule has 0 N–H and O–H groups in total. The third-order valence-corrected chi connectivity index (χ3v) is 2.97. The van der Waals surface area contributed by atoms with Crippen molar-refractivity contribution in [1.82, 2.24) is 0 Å². The lowest BCUT2D eigenvalue weighted by Gasteiger charge is -2.38. The van der Waals surface area contributed by atoms with Crippen LogP contribution in [-0.2, 0) is 9.47 Å². The van der Waals surface area contributed by atoms with Crippen molar-refractivity contribution in [2.75, 3.05) is 6.61 Å². The fraction of sp³-hybridized carbons (Fsp3) is 0.571. The van der Waals surface area contributed by atoms with Crippen LogP contribution < -0.4 is 0 Å². The largest absolute Gasteiger partial charge is 0.348 e. The summed E-state index contributed by atoms with van der Waals surface area (Å²) in [5, 5.41) is 0. The Labute approximate surface area is 97.6 Å². The molecule has 0 bridgehead atoms. The van der Waals surface area contributed by atoms with Crippen LogP contribution >= 0.6 is 0 Å². The van der Waals surface area contributed by atoms with Crippen LogP contribution in [0.1, 0.15) is 39.0 Å². The Kier molecular flexibility index (Phi) is 3.31. The van der Waals surface area contributed by atoms with Crippen molar-refractivity contribution in [2.45, 2.75) is 39.6 Å². The minimum Gasteiger partial charge on any atom is -0.348 e. The molecule has 1 heterocycles. The molecule has 2 nitrogen and oxygen atoms in total. The van der Waals surface area contributed by atoms with E-state index in [1.165, 1.54) is 0 Å². The summed E-state index contributed by atoms with van der Waals surface area (Å²) in [5.74, 6) is 0. The molecule has 0 unspecified atom stereocenters. The molecule has 0 amide bonds. The van der Waals surface area contributed by atoms with Crippen molar-refractivity contribution in [2.24, 2.45) is 5.41 Å². The van der Waals surface area contributed by atoms with Crippen molar-refractivity contribution in [1.29, 1.82) is 0 Å². The zero-order valence-corrected chi connectivity index (χ0v) is 10.3. The number of hydrogen-bond acceptors (Lipinski definition) is 2. The summed E-state index contributed by atoms with van der Waals surface area (Å²) in [6.07, 6.45) is 1.05. The highest BCUT2D eigenvalue weighted by atomic mass is 16.7. The molecule has 2 atom stereocenters. The number of hydrogen-bond donors (Lipinski definition) is 0. The van der Waals surface area contributed by atoms with Crippen LogP contribution in [0.15, 0.2) is 30.3 Å². The Morgan fingerprint density at radius 1 is 1.12 bits per heavy atom. The van der Waals surface area contributed by atoms with E-state index in [0.29, 0.717) is 0 Å². The smallest absolute Gasteiger partial charge is 0.184 e. The number of benzene rings is 1. The Morgan fingerprint density at radius 2 is 1.81 bits per heavy atom. The second kappa shape index (κ2) is 4.56. The summed E-state index contributed by atoms with van der Waals surface area (Å²) in [5.41, 5.74) is 1.29. The Bertz CT molecular complexity index is 326. The number of rotatable bonds is 1. The summed E-state index contributed by atoms with van der Waals surface area (Å²) in [6.45, 7) is 7.42. The molecule has 0 spiro atoms. The molecule has 0 aliphatic carbocycles. The van der Waals surface area contributed by atoms with Crippen molar-refractivity contribution < 1.29 is 9.47 Å². The Morgan fingerprint density at radius 3 is 2.44 bits per heavy atom. The highest BCUT2D eigenvalue weighted by Gasteiger charge is 2.32. The Balaban J connectivity index is 2.08. The van der Waals surface area contributed by atoms with Crippen LogP contribution in [0.25, 0.3) is 0 Å². The highest BCUT2D eigenvalue weighted by molar-refractivity contribution is 5.16. The van der Waals surface area contributed by atoms with Gasteiger partial charge in [-0.2, -0.15) is 0 Å². The van der Waals surface area contributed by atoms with E-state index >= 15 is 0 Å². The van der Waals surface area contributed by atoms with Crippen molar-refractivity contribution >= 4 is 0 Å². The molecule has 1 aromatic rings. The highest BCUT2D eigenvalue weighted by Crippen LogP contribution is 2.34. The Hall–Kier alpha value is -0.860. The van der Waals surface area contributed by atoms with Crippen molar-refractivity contribution in [3.8, 4) is 0 Å². The molecule has 1 aromatic carbocycles. The van der Waals surface area contributed by atoms with Gasteiger partial charge in [-0.25, -0.2) is 0 Å². The van der Waals surface area contributed by atoms with Crippen molar-refractivity contribution in [3.05, 3.63) is 35.9 Å². The summed E-state index contributed by atoms with van der Waals surface area (Å²) in [4.78, 5) is 0. The van der Waals surface area contributed by atoms with Gasteiger partial charge in [0.15, 0.2) is 6.29 Å². The van der Waals surface area contributed by atoms with E-state index in [-0.39, 0.29) is 17.8 Å². The van der Waals surface area contributed by atoms with Crippen LogP contribution in [0.4, 0.5) is 0 Å². The first kappa shape index (κ1) is 11.6. The van der Waals surface area contributed by atoms with Gasteiger partial charge in [0, 0.05) is 5.56 Å². The fourth-order valence-electron chi connectivity index (χ4n) is 1.96. The topological polar surface area (TPSA) is 18.5 Å². The number of ether oxygens (including phenoxy) is 2. The maximum atomic E-state index is 6.01. The van der Waals surface area contributed by atoms with Gasteiger partial charge in [-0.05, 0) is 11.8 Å². The maximum Gasteiger partial charge on any atom is 0.184 e. The van der Waals surface area contributed by atoms with Gasteiger partial charge in [-0.1, -0.05) is 51.1 Å². The van der Waals surface area contributed by atoms with Gasteiger partial charge in [0.2, 0.25) is 0 Å². The van der Waals surface area contributed by atoms with Gasteiger partial charge in [-0.15, -0.1) is 0 Å². The second-order valence-corrected chi connectivity index (χ2v) is 5.39. The second-order valence-electron chi connectivity index (χ2n) is 5.39. The molecular weight excluding hydrogens is 200 g/mol. The minimum absolute atomic E-state index is 0.177. The summed E-state index contributed by atoms with van der Waals surface area (Å²) >= 11 is 0. The van der Waals surface area contributed by atoms with Crippen LogP contribution in [0.2, 0.25) is 0 Å². The van der Waals surface area contributed by atoms with Gasteiger partial charge < -0.3 is 9.47 Å². The molecule has 0 radical (unpaired) electrons. The average Bonchev–Trinajstić information content (AvgIpc) is 2.29. The van der Waals surface area contributed by atoms with E-state index in [0.717, 1.165) is 18.6 Å². The first-order valence-corrected chi connectivity index (χ1v) is 5.89. The fourth-order valence-corrected chi connectivity index (χ4v) is 1.96. The standard InChI is InChI=1S/C14H20O2/c1-14(2,3)12-9-10-15-13(16-12)11-7-5-4-6-8-11/h4-8,12-13H,9-10H2,1-3H3/t12-,13-/m0/s1. The predicted molar refractivity (Wildman–Crippen MR) is 64.1 cm³/mol. The zero-order chi connectivity index (χ0) is 11.6. The molecule has 2 heteroatoms. The molecule has 1 fully saturated rings. The lowest BCUT2D eigenvalue weighted by molar-refractivity contribution is -0.238. The van der Waals surface area contributed by atoms with Crippen LogP contribution in [0.5, 0.6) is 0 Å². The molecule has 16 heavy (non-hydrogen) atoms. The summed E-state index contributed by atoms with van der Waals surface area (Å²) in [6, 6.07) is 10.1. The van der Waals surface area contributed by atoms with Gasteiger partial charge in [0.05, 0.1) is 12.7 Å². The molecular formula is C14H20O2. The van der Waals surface area contributed by atoms with Gasteiger partial charge in [0.25, 0.3) is 0 Å². The van der Waals surface area contributed by atoms with Gasteiger partial charge in [-0.3, -0.25) is 0 Å². The third kappa shape index (κ3) is 2.63. The minimum atomic E-state index is -0.195. The lowest BCUT2D eigenvalue weighted by atomic mass is 9.87. The van der Waals surface area contributed by atoms with Crippen LogP contribution in [0, 0.1) is 5.41 Å². The third-order valence-electron chi connectivity index (χ3n) is 2.97. The molecule has 1 aliphatic rings. The first-order chi connectivity index (χ1) is 7.57. The van der Waals surface area contributed by atoms with E-state index < -0.39 is 0 Å². The average molecular weight is 220 g/mol. The van der Waals surface area contributed by atoms with E-state index in [2.05, 4.69) is 32.9 Å². The molecule has 88 valence electrons. The normalized spacial score (nSPS) is 26.7.